The van der Waals surface area contributed by atoms with Gasteiger partial charge in [-0.1, -0.05) is 19.3 Å². The van der Waals surface area contributed by atoms with Crippen LogP contribution in [0.3, 0.4) is 0 Å². The number of nitrogens with one attached hydrogen (secondary N) is 1. The zero-order chi connectivity index (χ0) is 13.9. The molecule has 7 heteroatoms. The van der Waals surface area contributed by atoms with E-state index in [1.807, 2.05) is 6.07 Å². The summed E-state index contributed by atoms with van der Waals surface area (Å²) in [4.78, 5) is 0.343. The molecule has 0 atom stereocenters. The van der Waals surface area contributed by atoms with Gasteiger partial charge >= 0.3 is 0 Å². The van der Waals surface area contributed by atoms with Crippen molar-refractivity contribution in [3.63, 3.8) is 0 Å². The predicted molar refractivity (Wildman–Crippen MR) is 70.8 cm³/mol. The minimum absolute atomic E-state index is 0.0873. The Labute approximate surface area is 116 Å². The minimum Gasteiger partial charge on any atom is -0.206 e. The number of hydrogen-bond donors (Lipinski definition) is 1. The van der Waals surface area contributed by atoms with Crippen LogP contribution in [0.1, 0.15) is 37.0 Å². The molecule has 1 aromatic heterocycles. The van der Waals surface area contributed by atoms with E-state index in [-0.39, 0.29) is 4.21 Å². The van der Waals surface area contributed by atoms with Gasteiger partial charge in [-0.15, -0.1) is 11.3 Å². The van der Waals surface area contributed by atoms with E-state index in [0.29, 0.717) is 17.7 Å². The van der Waals surface area contributed by atoms with Crippen LogP contribution in [0, 0.1) is 22.7 Å². The van der Waals surface area contributed by atoms with Crippen LogP contribution in [-0.2, 0) is 10.0 Å². The third kappa shape index (κ3) is 2.95. The topological polar surface area (TPSA) is 93.8 Å². The van der Waals surface area contributed by atoms with Crippen LogP contribution in [0.2, 0.25) is 0 Å². The smallest absolute Gasteiger partial charge is 0.206 e. The molecule has 1 aliphatic carbocycles. The van der Waals surface area contributed by atoms with Crippen molar-refractivity contribution >= 4 is 21.4 Å². The van der Waals surface area contributed by atoms with Crippen molar-refractivity contribution in [3.05, 3.63) is 17.0 Å². The summed E-state index contributed by atoms with van der Waals surface area (Å²) < 4.78 is 27.1. The fraction of sp³-hybridized carbons (Fsp3) is 0.500. The fourth-order valence-electron chi connectivity index (χ4n) is 2.22. The quantitative estimate of drug-likeness (QED) is 0.924. The van der Waals surface area contributed by atoms with Crippen LogP contribution < -0.4 is 4.72 Å². The average Bonchev–Trinajstić information content (AvgIpc) is 2.89. The maximum absolute atomic E-state index is 12.2. The molecular weight excluding hydrogens is 282 g/mol. The number of nitriles is 2. The largest absolute Gasteiger partial charge is 0.251 e. The monoisotopic (exact) mass is 295 g/mol. The van der Waals surface area contributed by atoms with E-state index >= 15 is 0 Å². The van der Waals surface area contributed by atoms with Crippen molar-refractivity contribution in [2.75, 3.05) is 0 Å². The molecule has 5 nitrogen and oxygen atoms in total. The molecule has 0 unspecified atom stereocenters. The molecule has 1 fully saturated rings. The SMILES string of the molecule is N#Cc1ccc(S(=O)(=O)NC2(C#N)CCCCC2)s1. The lowest BCUT2D eigenvalue weighted by atomic mass is 9.84. The summed E-state index contributed by atoms with van der Waals surface area (Å²) in [6.45, 7) is 0. The molecule has 100 valence electrons. The highest BCUT2D eigenvalue weighted by Gasteiger charge is 2.37. The summed E-state index contributed by atoms with van der Waals surface area (Å²) in [7, 11) is -3.72. The normalized spacial score (nSPS) is 18.4. The molecule has 1 saturated carbocycles. The molecule has 1 aliphatic rings. The second-order valence-corrected chi connectivity index (χ2v) is 7.58. The molecule has 1 heterocycles. The highest BCUT2D eigenvalue weighted by atomic mass is 32.2. The summed E-state index contributed by atoms with van der Waals surface area (Å²) >= 11 is 0.917. The molecular formula is C12H13N3O2S2. The third-order valence-corrected chi connectivity index (χ3v) is 6.23. The molecule has 0 saturated heterocycles. The molecule has 2 rings (SSSR count). The van der Waals surface area contributed by atoms with Gasteiger partial charge in [-0.25, -0.2) is 8.42 Å². The number of rotatable bonds is 3. The van der Waals surface area contributed by atoms with E-state index in [1.165, 1.54) is 12.1 Å². The van der Waals surface area contributed by atoms with Crippen molar-refractivity contribution < 1.29 is 8.42 Å². The second kappa shape index (κ2) is 5.30. The molecule has 0 spiro atoms. The molecule has 0 aromatic carbocycles. The Hall–Kier alpha value is -1.41. The van der Waals surface area contributed by atoms with Gasteiger partial charge < -0.3 is 0 Å². The predicted octanol–water partition coefficient (Wildman–Crippen LogP) is 2.12. The molecule has 1 aromatic rings. The molecule has 0 amide bonds. The first-order chi connectivity index (χ1) is 9.01. The maximum Gasteiger partial charge on any atom is 0.251 e. The highest BCUT2D eigenvalue weighted by molar-refractivity contribution is 7.91. The molecule has 19 heavy (non-hydrogen) atoms. The van der Waals surface area contributed by atoms with Gasteiger partial charge in [0, 0.05) is 0 Å². The van der Waals surface area contributed by atoms with Crippen LogP contribution in [0.25, 0.3) is 0 Å². The van der Waals surface area contributed by atoms with Crippen molar-refractivity contribution in [2.45, 2.75) is 41.9 Å². The van der Waals surface area contributed by atoms with E-state index in [0.717, 1.165) is 30.6 Å². The van der Waals surface area contributed by atoms with E-state index < -0.39 is 15.6 Å². The summed E-state index contributed by atoms with van der Waals surface area (Å²) in [5, 5.41) is 18.0. The Morgan fingerprint density at radius 2 is 1.89 bits per heavy atom. The van der Waals surface area contributed by atoms with Gasteiger partial charge in [0.2, 0.25) is 0 Å². The van der Waals surface area contributed by atoms with Crippen molar-refractivity contribution in [2.24, 2.45) is 0 Å². The number of nitrogens with zero attached hydrogens (tertiary/aromatic N) is 2. The van der Waals surface area contributed by atoms with Crippen LogP contribution in [0.15, 0.2) is 16.3 Å². The van der Waals surface area contributed by atoms with Gasteiger partial charge in [-0.2, -0.15) is 15.2 Å². The van der Waals surface area contributed by atoms with Crippen LogP contribution in [0.4, 0.5) is 0 Å². The number of hydrogen-bond acceptors (Lipinski definition) is 5. The summed E-state index contributed by atoms with van der Waals surface area (Å²) in [5.74, 6) is 0. The van der Waals surface area contributed by atoms with Crippen LogP contribution >= 0.6 is 11.3 Å². The van der Waals surface area contributed by atoms with Crippen molar-refractivity contribution in [1.29, 1.82) is 10.5 Å². The maximum atomic E-state index is 12.2. The molecule has 0 bridgehead atoms. The first kappa shape index (κ1) is 14.0. The summed E-state index contributed by atoms with van der Waals surface area (Å²) in [5.41, 5.74) is -0.992. The van der Waals surface area contributed by atoms with Gasteiger partial charge in [0.15, 0.2) is 0 Å². The zero-order valence-corrected chi connectivity index (χ0v) is 11.9. The molecule has 1 N–H and O–H groups in total. The lowest BCUT2D eigenvalue weighted by Gasteiger charge is -2.30. The second-order valence-electron chi connectivity index (χ2n) is 4.59. The van der Waals surface area contributed by atoms with E-state index in [9.17, 15) is 13.7 Å². The van der Waals surface area contributed by atoms with E-state index in [4.69, 9.17) is 5.26 Å². The van der Waals surface area contributed by atoms with Crippen LogP contribution in [0.5, 0.6) is 0 Å². The summed E-state index contributed by atoms with van der Waals surface area (Å²) in [6.07, 6.45) is 3.81. The third-order valence-electron chi connectivity index (χ3n) is 3.21. The Morgan fingerprint density at radius 3 is 2.42 bits per heavy atom. The zero-order valence-electron chi connectivity index (χ0n) is 10.2. The Bertz CT molecular complexity index is 643. The Kier molecular flexibility index (Phi) is 3.91. The van der Waals surface area contributed by atoms with Gasteiger partial charge in [0.25, 0.3) is 10.0 Å². The first-order valence-electron chi connectivity index (χ1n) is 5.96. The standard InChI is InChI=1S/C12H13N3O2S2/c13-8-10-4-5-11(18-10)19(16,17)15-12(9-14)6-2-1-3-7-12/h4-5,15H,1-3,6-7H2. The van der Waals surface area contributed by atoms with Gasteiger partial charge in [-0.05, 0) is 25.0 Å². The number of sulfonamides is 1. The lowest BCUT2D eigenvalue weighted by molar-refractivity contribution is 0.338. The van der Waals surface area contributed by atoms with E-state index in [2.05, 4.69) is 10.8 Å². The minimum atomic E-state index is -3.72. The van der Waals surface area contributed by atoms with Gasteiger partial charge in [-0.3, -0.25) is 0 Å². The first-order valence-corrected chi connectivity index (χ1v) is 8.26. The number of thiophene rings is 1. The van der Waals surface area contributed by atoms with E-state index in [1.54, 1.807) is 0 Å². The van der Waals surface area contributed by atoms with Crippen molar-refractivity contribution in [1.82, 2.24) is 4.72 Å². The average molecular weight is 295 g/mol. The Balaban J connectivity index is 2.26. The summed E-state index contributed by atoms with van der Waals surface area (Å²) in [6, 6.07) is 6.89. The van der Waals surface area contributed by atoms with Gasteiger partial charge in [0.05, 0.1) is 6.07 Å². The molecule has 0 aliphatic heterocycles. The molecule has 0 radical (unpaired) electrons. The van der Waals surface area contributed by atoms with Gasteiger partial charge in [0.1, 0.15) is 20.7 Å². The Morgan fingerprint density at radius 1 is 1.21 bits per heavy atom. The fourth-order valence-corrected chi connectivity index (χ4v) is 4.70. The van der Waals surface area contributed by atoms with Crippen LogP contribution in [-0.4, -0.2) is 14.0 Å². The van der Waals surface area contributed by atoms with Crippen molar-refractivity contribution in [3.8, 4) is 12.1 Å². The lowest BCUT2D eigenvalue weighted by Crippen LogP contribution is -2.48. The highest BCUT2D eigenvalue weighted by Crippen LogP contribution is 2.30.